The maximum absolute atomic E-state index is 12.0. The maximum atomic E-state index is 12.0. The summed E-state index contributed by atoms with van der Waals surface area (Å²) in [6.07, 6.45) is 0. The number of anilines is 1. The third-order valence-electron chi connectivity index (χ3n) is 4.03. The number of nitrogens with one attached hydrogen (secondary N) is 1. The van der Waals surface area contributed by atoms with Crippen molar-refractivity contribution in [1.82, 2.24) is 0 Å². The molecule has 138 valence electrons. The predicted octanol–water partition coefficient (Wildman–Crippen LogP) is 2.14. The quantitative estimate of drug-likeness (QED) is 0.529. The van der Waals surface area contributed by atoms with Crippen LogP contribution in [0, 0.1) is 0 Å². The second-order valence-corrected chi connectivity index (χ2v) is 5.88. The molecule has 0 aliphatic heterocycles. The third kappa shape index (κ3) is 3.99. The number of primary amides is 1. The van der Waals surface area contributed by atoms with Gasteiger partial charge in [0.15, 0.2) is 5.76 Å². The van der Waals surface area contributed by atoms with Crippen molar-refractivity contribution < 1.29 is 19.4 Å². The minimum Gasteiger partial charge on any atom is -0.502 e. The number of amides is 1. The van der Waals surface area contributed by atoms with E-state index in [-0.39, 0.29) is 11.5 Å². The molecular weight excluding hydrogens is 348 g/mol. The molecule has 7 nitrogen and oxygen atoms in total. The van der Waals surface area contributed by atoms with Gasteiger partial charge in [-0.15, -0.1) is 0 Å². The second-order valence-electron chi connectivity index (χ2n) is 5.88. The number of aliphatic hydroxyl groups is 1. The highest BCUT2D eigenvalue weighted by molar-refractivity contribution is 5.93. The molecule has 1 atom stereocenters. The standard InChI is InChI=1S/C20H18N2O5/c21-20(26)13-6-8-14(9-7-13)22-17(12-4-2-1-3-5-12)19-18(25)16(24)10-15(11-23)27-19/h1-10,17,22-23,25H,11H2,(H2,21,26). The summed E-state index contributed by atoms with van der Waals surface area (Å²) in [5, 5.41) is 22.7. The van der Waals surface area contributed by atoms with Gasteiger partial charge in [-0.05, 0) is 29.8 Å². The van der Waals surface area contributed by atoms with Gasteiger partial charge in [-0.1, -0.05) is 30.3 Å². The van der Waals surface area contributed by atoms with Crippen molar-refractivity contribution in [3.05, 3.63) is 93.5 Å². The van der Waals surface area contributed by atoms with E-state index in [0.717, 1.165) is 11.6 Å². The van der Waals surface area contributed by atoms with Crippen LogP contribution in [0.25, 0.3) is 0 Å². The smallest absolute Gasteiger partial charge is 0.248 e. The Kier molecular flexibility index (Phi) is 5.23. The number of carbonyl (C=O) groups excluding carboxylic acids is 1. The molecule has 0 radical (unpaired) electrons. The molecule has 0 aliphatic carbocycles. The van der Waals surface area contributed by atoms with Crippen LogP contribution in [-0.2, 0) is 6.61 Å². The first-order chi connectivity index (χ1) is 13.0. The monoisotopic (exact) mass is 366 g/mol. The van der Waals surface area contributed by atoms with E-state index in [2.05, 4.69) is 5.32 Å². The fourth-order valence-electron chi connectivity index (χ4n) is 2.67. The first kappa shape index (κ1) is 18.2. The summed E-state index contributed by atoms with van der Waals surface area (Å²) >= 11 is 0. The van der Waals surface area contributed by atoms with Crippen molar-refractivity contribution in [2.45, 2.75) is 12.6 Å². The highest BCUT2D eigenvalue weighted by Crippen LogP contribution is 2.31. The molecule has 0 bridgehead atoms. The molecule has 27 heavy (non-hydrogen) atoms. The maximum Gasteiger partial charge on any atom is 0.248 e. The summed E-state index contributed by atoms with van der Waals surface area (Å²) in [4.78, 5) is 23.3. The van der Waals surface area contributed by atoms with E-state index in [1.54, 1.807) is 36.4 Å². The Labute approximate surface area is 154 Å². The summed E-state index contributed by atoms with van der Waals surface area (Å²) in [5.41, 5.74) is 6.30. The molecule has 0 aliphatic rings. The van der Waals surface area contributed by atoms with Crippen molar-refractivity contribution in [2.75, 3.05) is 5.32 Å². The number of hydrogen-bond acceptors (Lipinski definition) is 6. The summed E-state index contributed by atoms with van der Waals surface area (Å²) in [5.74, 6) is -1.06. The zero-order chi connectivity index (χ0) is 19.4. The van der Waals surface area contributed by atoms with Gasteiger partial charge in [0.25, 0.3) is 0 Å². The van der Waals surface area contributed by atoms with E-state index < -0.39 is 29.7 Å². The van der Waals surface area contributed by atoms with Crippen LogP contribution in [0.3, 0.4) is 0 Å². The van der Waals surface area contributed by atoms with Gasteiger partial charge >= 0.3 is 0 Å². The first-order valence-electron chi connectivity index (χ1n) is 8.17. The fraction of sp³-hybridized carbons (Fsp3) is 0.100. The van der Waals surface area contributed by atoms with Crippen LogP contribution in [0.1, 0.15) is 33.5 Å². The van der Waals surface area contributed by atoms with E-state index in [9.17, 15) is 19.8 Å². The molecule has 2 aromatic carbocycles. The molecular formula is C20H18N2O5. The SMILES string of the molecule is NC(=O)c1ccc(NC(c2ccccc2)c2oc(CO)cc(=O)c2O)cc1. The number of aromatic hydroxyl groups is 1. The Hall–Kier alpha value is -3.58. The lowest BCUT2D eigenvalue weighted by Gasteiger charge is -2.21. The van der Waals surface area contributed by atoms with Gasteiger partial charge in [-0.2, -0.15) is 0 Å². The Balaban J connectivity index is 2.06. The largest absolute Gasteiger partial charge is 0.502 e. The summed E-state index contributed by atoms with van der Waals surface area (Å²) < 4.78 is 5.55. The number of benzene rings is 2. The van der Waals surface area contributed by atoms with Gasteiger partial charge in [-0.3, -0.25) is 9.59 Å². The van der Waals surface area contributed by atoms with Crippen LogP contribution in [0.15, 0.2) is 69.9 Å². The van der Waals surface area contributed by atoms with Crippen molar-refractivity contribution in [1.29, 1.82) is 0 Å². The highest BCUT2D eigenvalue weighted by atomic mass is 16.4. The first-order valence-corrected chi connectivity index (χ1v) is 8.17. The Morgan fingerprint density at radius 3 is 2.37 bits per heavy atom. The third-order valence-corrected chi connectivity index (χ3v) is 4.03. The normalized spacial score (nSPS) is 11.7. The van der Waals surface area contributed by atoms with E-state index in [4.69, 9.17) is 10.2 Å². The molecule has 0 spiro atoms. The molecule has 0 fully saturated rings. The lowest BCUT2D eigenvalue weighted by Crippen LogP contribution is -2.16. The second kappa shape index (κ2) is 7.76. The van der Waals surface area contributed by atoms with Crippen LogP contribution in [0.5, 0.6) is 5.75 Å². The van der Waals surface area contributed by atoms with Crippen LogP contribution < -0.4 is 16.5 Å². The van der Waals surface area contributed by atoms with Gasteiger partial charge in [0.1, 0.15) is 18.4 Å². The zero-order valence-electron chi connectivity index (χ0n) is 14.3. The molecule has 3 rings (SSSR count). The lowest BCUT2D eigenvalue weighted by atomic mass is 10.0. The molecule has 1 amide bonds. The number of aliphatic hydroxyl groups excluding tert-OH is 1. The molecule has 1 unspecified atom stereocenters. The molecule has 1 heterocycles. The van der Waals surface area contributed by atoms with E-state index in [1.165, 1.54) is 0 Å². The van der Waals surface area contributed by atoms with E-state index >= 15 is 0 Å². The van der Waals surface area contributed by atoms with Gasteiger partial charge in [0.2, 0.25) is 17.1 Å². The van der Waals surface area contributed by atoms with Gasteiger partial charge in [-0.25, -0.2) is 0 Å². The minimum absolute atomic E-state index is 0.0169. The molecule has 7 heteroatoms. The lowest BCUT2D eigenvalue weighted by molar-refractivity contribution is 0.100. The predicted molar refractivity (Wildman–Crippen MR) is 99.4 cm³/mol. The fourth-order valence-corrected chi connectivity index (χ4v) is 2.67. The molecule has 0 saturated heterocycles. The van der Waals surface area contributed by atoms with E-state index in [0.29, 0.717) is 11.3 Å². The summed E-state index contributed by atoms with van der Waals surface area (Å²) in [6, 6.07) is 15.8. The average Bonchev–Trinajstić information content (AvgIpc) is 2.69. The van der Waals surface area contributed by atoms with Crippen LogP contribution in [0.4, 0.5) is 5.69 Å². The molecule has 0 saturated carbocycles. The highest BCUT2D eigenvalue weighted by Gasteiger charge is 2.23. The summed E-state index contributed by atoms with van der Waals surface area (Å²) in [7, 11) is 0. The Morgan fingerprint density at radius 1 is 1.11 bits per heavy atom. The van der Waals surface area contributed by atoms with Gasteiger partial charge < -0.3 is 25.7 Å². The Bertz CT molecular complexity index is 997. The van der Waals surface area contributed by atoms with Crippen LogP contribution in [-0.4, -0.2) is 16.1 Å². The van der Waals surface area contributed by atoms with Gasteiger partial charge in [0, 0.05) is 17.3 Å². The number of carbonyl (C=O) groups is 1. The van der Waals surface area contributed by atoms with E-state index in [1.807, 2.05) is 18.2 Å². The number of hydrogen-bond donors (Lipinski definition) is 4. The van der Waals surface area contributed by atoms with Gasteiger partial charge in [0.05, 0.1) is 0 Å². The van der Waals surface area contributed by atoms with Crippen molar-refractivity contribution >= 4 is 11.6 Å². The molecule has 1 aromatic heterocycles. The summed E-state index contributed by atoms with van der Waals surface area (Å²) in [6.45, 7) is -0.475. The zero-order valence-corrected chi connectivity index (χ0v) is 14.3. The Morgan fingerprint density at radius 2 is 1.78 bits per heavy atom. The topological polar surface area (TPSA) is 126 Å². The van der Waals surface area contributed by atoms with Crippen LogP contribution >= 0.6 is 0 Å². The van der Waals surface area contributed by atoms with Crippen molar-refractivity contribution in [2.24, 2.45) is 5.73 Å². The minimum atomic E-state index is -0.704. The molecule has 3 aromatic rings. The number of rotatable bonds is 6. The average molecular weight is 366 g/mol. The van der Waals surface area contributed by atoms with Crippen molar-refractivity contribution in [3.8, 4) is 5.75 Å². The molecule has 5 N–H and O–H groups in total. The van der Waals surface area contributed by atoms with Crippen LogP contribution in [0.2, 0.25) is 0 Å². The van der Waals surface area contributed by atoms with Crippen molar-refractivity contribution in [3.63, 3.8) is 0 Å². The number of nitrogens with two attached hydrogens (primary N) is 1.